The van der Waals surface area contributed by atoms with Gasteiger partial charge in [0.25, 0.3) is 5.91 Å². The summed E-state index contributed by atoms with van der Waals surface area (Å²) in [5.41, 5.74) is 2.09. The van der Waals surface area contributed by atoms with Gasteiger partial charge < -0.3 is 19.7 Å². The van der Waals surface area contributed by atoms with Crippen LogP contribution in [-0.2, 0) is 25.5 Å². The van der Waals surface area contributed by atoms with Crippen molar-refractivity contribution < 1.29 is 23.9 Å². The first-order chi connectivity index (χ1) is 14.5. The Labute approximate surface area is 176 Å². The van der Waals surface area contributed by atoms with Crippen molar-refractivity contribution in [1.29, 1.82) is 0 Å². The number of carbonyl (C=O) groups is 3. The molecule has 0 atom stereocenters. The molecule has 3 rings (SSSR count). The summed E-state index contributed by atoms with van der Waals surface area (Å²) in [6, 6.07) is 17.7. The molecule has 7 heteroatoms. The summed E-state index contributed by atoms with van der Waals surface area (Å²) < 4.78 is 10.6. The number of ether oxygens (including phenoxy) is 2. The second-order valence-electron chi connectivity index (χ2n) is 7.31. The minimum atomic E-state index is -0.645. The number of hydrogen-bond donors (Lipinski definition) is 1. The Hall–Kier alpha value is -3.35. The summed E-state index contributed by atoms with van der Waals surface area (Å²) in [5.74, 6) is -0.705. The van der Waals surface area contributed by atoms with Gasteiger partial charge in [0, 0.05) is 19.5 Å². The molecule has 1 fully saturated rings. The van der Waals surface area contributed by atoms with Gasteiger partial charge in [0.15, 0.2) is 13.2 Å². The van der Waals surface area contributed by atoms with E-state index in [9.17, 15) is 14.4 Å². The van der Waals surface area contributed by atoms with Crippen molar-refractivity contribution in [2.45, 2.75) is 25.3 Å². The summed E-state index contributed by atoms with van der Waals surface area (Å²) >= 11 is 0. The number of para-hydroxylation sites is 1. The van der Waals surface area contributed by atoms with Crippen LogP contribution in [0.5, 0.6) is 5.75 Å². The van der Waals surface area contributed by atoms with Crippen LogP contribution in [0.2, 0.25) is 0 Å². The lowest BCUT2D eigenvalue weighted by Crippen LogP contribution is -2.40. The van der Waals surface area contributed by atoms with E-state index >= 15 is 0 Å². The second-order valence-corrected chi connectivity index (χ2v) is 7.31. The van der Waals surface area contributed by atoms with Gasteiger partial charge in [-0.2, -0.15) is 0 Å². The third-order valence-corrected chi connectivity index (χ3v) is 4.66. The van der Waals surface area contributed by atoms with E-state index in [1.54, 1.807) is 6.07 Å². The SMILES string of the molecule is CN(CC(=O)NC1CC1)C(=O)COC(=O)COc1ccccc1Cc1ccccc1. The minimum absolute atomic E-state index is 0.0593. The molecule has 0 heterocycles. The van der Waals surface area contributed by atoms with E-state index < -0.39 is 18.5 Å². The monoisotopic (exact) mass is 410 g/mol. The topological polar surface area (TPSA) is 84.9 Å². The zero-order valence-electron chi connectivity index (χ0n) is 17.0. The second kappa shape index (κ2) is 10.4. The standard InChI is InChI=1S/C23H26N2O5/c1-25(14-21(26)24-19-11-12-19)22(27)15-30-23(28)16-29-20-10-6-5-9-18(20)13-17-7-3-2-4-8-17/h2-10,19H,11-16H2,1H3,(H,24,26). The van der Waals surface area contributed by atoms with Crippen LogP contribution < -0.4 is 10.1 Å². The highest BCUT2D eigenvalue weighted by Crippen LogP contribution is 2.21. The molecule has 30 heavy (non-hydrogen) atoms. The van der Waals surface area contributed by atoms with E-state index in [1.165, 1.54) is 11.9 Å². The van der Waals surface area contributed by atoms with Gasteiger partial charge in [0.2, 0.25) is 5.91 Å². The average molecular weight is 410 g/mol. The van der Waals surface area contributed by atoms with Gasteiger partial charge in [0.1, 0.15) is 5.75 Å². The van der Waals surface area contributed by atoms with Crippen molar-refractivity contribution in [1.82, 2.24) is 10.2 Å². The zero-order chi connectivity index (χ0) is 21.3. The van der Waals surface area contributed by atoms with E-state index in [0.29, 0.717) is 12.2 Å². The number of esters is 1. The van der Waals surface area contributed by atoms with Crippen molar-refractivity contribution in [3.05, 3.63) is 65.7 Å². The van der Waals surface area contributed by atoms with Gasteiger partial charge in [-0.25, -0.2) is 4.79 Å². The lowest BCUT2D eigenvalue weighted by molar-refractivity contribution is -0.153. The van der Waals surface area contributed by atoms with Crippen molar-refractivity contribution in [2.75, 3.05) is 26.8 Å². The fraction of sp³-hybridized carbons (Fsp3) is 0.348. The molecule has 0 spiro atoms. The first kappa shape index (κ1) is 21.4. The molecule has 1 saturated carbocycles. The van der Waals surface area contributed by atoms with E-state index in [-0.39, 0.29) is 25.1 Å². The first-order valence-electron chi connectivity index (χ1n) is 9.95. The van der Waals surface area contributed by atoms with Crippen molar-refractivity contribution in [3.8, 4) is 5.75 Å². The van der Waals surface area contributed by atoms with E-state index in [2.05, 4.69) is 5.32 Å². The maximum Gasteiger partial charge on any atom is 0.344 e. The normalized spacial score (nSPS) is 12.7. The van der Waals surface area contributed by atoms with Gasteiger partial charge in [-0.1, -0.05) is 48.5 Å². The molecule has 1 aliphatic rings. The lowest BCUT2D eigenvalue weighted by Gasteiger charge is -2.17. The number of amides is 2. The maximum absolute atomic E-state index is 12.0. The van der Waals surface area contributed by atoms with Crippen molar-refractivity contribution in [2.24, 2.45) is 0 Å². The van der Waals surface area contributed by atoms with Crippen LogP contribution in [0.4, 0.5) is 0 Å². The molecule has 2 amide bonds. The quantitative estimate of drug-likeness (QED) is 0.605. The Morgan fingerprint density at radius 1 is 1.00 bits per heavy atom. The molecule has 0 radical (unpaired) electrons. The summed E-state index contributed by atoms with van der Waals surface area (Å²) in [6.07, 6.45) is 2.64. The Bertz CT molecular complexity index is 880. The molecule has 2 aromatic rings. The van der Waals surface area contributed by atoms with Gasteiger partial charge in [-0.3, -0.25) is 9.59 Å². The van der Waals surface area contributed by atoms with Crippen LogP contribution in [0.25, 0.3) is 0 Å². The van der Waals surface area contributed by atoms with Crippen LogP contribution in [0.15, 0.2) is 54.6 Å². The third kappa shape index (κ3) is 6.92. The first-order valence-corrected chi connectivity index (χ1v) is 9.95. The number of likely N-dealkylation sites (N-methyl/N-ethyl adjacent to an activating group) is 1. The molecule has 2 aromatic carbocycles. The van der Waals surface area contributed by atoms with Gasteiger partial charge in [-0.05, 0) is 30.0 Å². The minimum Gasteiger partial charge on any atom is -0.482 e. The molecule has 1 N–H and O–H groups in total. The fourth-order valence-electron chi connectivity index (χ4n) is 2.84. The number of rotatable bonds is 10. The Balaban J connectivity index is 1.42. The molecular formula is C23H26N2O5. The highest BCUT2D eigenvalue weighted by Gasteiger charge is 2.24. The lowest BCUT2D eigenvalue weighted by atomic mass is 10.0. The van der Waals surface area contributed by atoms with Crippen LogP contribution in [0.3, 0.4) is 0 Å². The van der Waals surface area contributed by atoms with Gasteiger partial charge in [0.05, 0.1) is 6.54 Å². The summed E-state index contributed by atoms with van der Waals surface area (Å²) in [7, 11) is 1.50. The van der Waals surface area contributed by atoms with E-state index in [1.807, 2.05) is 48.5 Å². The molecule has 0 aromatic heterocycles. The number of nitrogens with one attached hydrogen (secondary N) is 1. The van der Waals surface area contributed by atoms with Gasteiger partial charge >= 0.3 is 5.97 Å². The molecule has 0 aliphatic heterocycles. The van der Waals surface area contributed by atoms with E-state index in [0.717, 1.165) is 24.0 Å². The summed E-state index contributed by atoms with van der Waals surface area (Å²) in [4.78, 5) is 37.0. The number of nitrogens with zero attached hydrogens (tertiary/aromatic N) is 1. The molecular weight excluding hydrogens is 384 g/mol. The number of benzene rings is 2. The van der Waals surface area contributed by atoms with Crippen molar-refractivity contribution in [3.63, 3.8) is 0 Å². The van der Waals surface area contributed by atoms with Crippen LogP contribution in [0, 0.1) is 0 Å². The number of carbonyl (C=O) groups excluding carboxylic acids is 3. The molecule has 0 bridgehead atoms. The third-order valence-electron chi connectivity index (χ3n) is 4.66. The average Bonchev–Trinajstić information content (AvgIpc) is 3.55. The van der Waals surface area contributed by atoms with Crippen LogP contribution in [-0.4, -0.2) is 55.5 Å². The Kier molecular flexibility index (Phi) is 7.43. The summed E-state index contributed by atoms with van der Waals surface area (Å²) in [6.45, 7) is -0.789. The highest BCUT2D eigenvalue weighted by atomic mass is 16.6. The number of hydrogen-bond acceptors (Lipinski definition) is 5. The van der Waals surface area contributed by atoms with E-state index in [4.69, 9.17) is 9.47 Å². The molecule has 1 aliphatic carbocycles. The fourth-order valence-corrected chi connectivity index (χ4v) is 2.84. The Morgan fingerprint density at radius 3 is 2.43 bits per heavy atom. The van der Waals surface area contributed by atoms with Crippen LogP contribution >= 0.6 is 0 Å². The predicted octanol–water partition coefficient (Wildman–Crippen LogP) is 1.94. The predicted molar refractivity (Wildman–Crippen MR) is 111 cm³/mol. The summed E-state index contributed by atoms with van der Waals surface area (Å²) in [5, 5.41) is 2.80. The molecule has 158 valence electrons. The van der Waals surface area contributed by atoms with Gasteiger partial charge in [-0.15, -0.1) is 0 Å². The highest BCUT2D eigenvalue weighted by molar-refractivity contribution is 5.86. The molecule has 7 nitrogen and oxygen atoms in total. The van der Waals surface area contributed by atoms with Crippen molar-refractivity contribution >= 4 is 17.8 Å². The molecule has 0 unspecified atom stereocenters. The zero-order valence-corrected chi connectivity index (χ0v) is 17.0. The smallest absolute Gasteiger partial charge is 0.344 e. The maximum atomic E-state index is 12.0. The largest absolute Gasteiger partial charge is 0.482 e. The molecule has 0 saturated heterocycles. The Morgan fingerprint density at radius 2 is 1.70 bits per heavy atom. The van der Waals surface area contributed by atoms with Crippen LogP contribution in [0.1, 0.15) is 24.0 Å².